The Bertz CT molecular complexity index is 175. The second-order valence-electron chi connectivity index (χ2n) is 2.66. The van der Waals surface area contributed by atoms with Crippen molar-refractivity contribution in [3.05, 3.63) is 0 Å². The first-order valence-corrected chi connectivity index (χ1v) is 3.18. The molecule has 0 radical (unpaired) electrons. The van der Waals surface area contributed by atoms with E-state index in [9.17, 15) is 18.0 Å². The highest BCUT2D eigenvalue weighted by Gasteiger charge is 2.47. The van der Waals surface area contributed by atoms with Gasteiger partial charge in [-0.15, -0.1) is 0 Å². The van der Waals surface area contributed by atoms with E-state index in [0.717, 1.165) is 0 Å². The number of halogens is 3. The number of hydrogen-bond acceptors (Lipinski definition) is 2. The van der Waals surface area contributed by atoms with E-state index in [2.05, 4.69) is 0 Å². The highest BCUT2D eigenvalue weighted by Crippen LogP contribution is 2.37. The van der Waals surface area contributed by atoms with E-state index >= 15 is 0 Å². The van der Waals surface area contributed by atoms with E-state index in [1.165, 1.54) is 0 Å². The minimum absolute atomic E-state index is 0.470. The lowest BCUT2D eigenvalue weighted by Crippen LogP contribution is -2.20. The molecule has 2 nitrogen and oxygen atoms in total. The van der Waals surface area contributed by atoms with Crippen molar-refractivity contribution in [2.24, 2.45) is 5.92 Å². The van der Waals surface area contributed by atoms with Crippen LogP contribution >= 0.6 is 0 Å². The molecule has 1 aliphatic rings. The summed E-state index contributed by atoms with van der Waals surface area (Å²) in [6, 6.07) is 0. The first-order valence-electron chi connectivity index (χ1n) is 3.18. The first kappa shape index (κ1) is 8.52. The van der Waals surface area contributed by atoms with Gasteiger partial charge < -0.3 is 5.11 Å². The molecule has 0 amide bonds. The second-order valence-corrected chi connectivity index (χ2v) is 2.66. The summed E-state index contributed by atoms with van der Waals surface area (Å²) in [5, 5.41) is 8.68. The summed E-state index contributed by atoms with van der Waals surface area (Å²) in [5.41, 5.74) is 0. The van der Waals surface area contributed by atoms with Crippen LogP contribution in [-0.4, -0.2) is 23.2 Å². The molecule has 5 heteroatoms. The lowest BCUT2D eigenvalue weighted by atomic mass is 10.1. The normalized spacial score (nSPS) is 32.9. The molecule has 0 spiro atoms. The predicted octanol–water partition coefficient (Wildman–Crippen LogP) is 0.889. The van der Waals surface area contributed by atoms with E-state index in [1.807, 2.05) is 0 Å². The highest BCUT2D eigenvalue weighted by atomic mass is 19.4. The van der Waals surface area contributed by atoms with Gasteiger partial charge in [0.25, 0.3) is 0 Å². The molecule has 0 saturated heterocycles. The second kappa shape index (κ2) is 2.48. The van der Waals surface area contributed by atoms with Crippen LogP contribution in [0.2, 0.25) is 0 Å². The average molecular weight is 168 g/mol. The number of carbonyl (C=O) groups is 1. The Morgan fingerprint density at radius 1 is 1.45 bits per heavy atom. The number of hydrogen-bond donors (Lipinski definition) is 1. The van der Waals surface area contributed by atoms with Gasteiger partial charge in [0.2, 0.25) is 0 Å². The molecule has 2 atom stereocenters. The zero-order valence-electron chi connectivity index (χ0n) is 5.56. The summed E-state index contributed by atoms with van der Waals surface area (Å²) >= 11 is 0. The van der Waals surface area contributed by atoms with Crippen LogP contribution in [0.15, 0.2) is 0 Å². The highest BCUT2D eigenvalue weighted by molar-refractivity contribution is 5.85. The lowest BCUT2D eigenvalue weighted by Gasteiger charge is -2.11. The smallest absolute Gasteiger partial charge is 0.385 e. The molecule has 0 aromatic rings. The molecule has 1 N–H and O–H groups in total. The van der Waals surface area contributed by atoms with Crippen LogP contribution in [0.3, 0.4) is 0 Å². The van der Waals surface area contributed by atoms with Crippen molar-refractivity contribution in [1.82, 2.24) is 0 Å². The van der Waals surface area contributed by atoms with Crippen LogP contribution in [0.4, 0.5) is 13.2 Å². The fraction of sp³-hybridized carbons (Fsp3) is 0.833. The lowest BCUT2D eigenvalue weighted by molar-refractivity contribution is -0.174. The van der Waals surface area contributed by atoms with Crippen LogP contribution in [0, 0.1) is 5.92 Å². The van der Waals surface area contributed by atoms with E-state index in [1.54, 1.807) is 0 Å². The largest absolute Gasteiger partial charge is 0.392 e. The molecule has 0 bridgehead atoms. The third-order valence-corrected chi connectivity index (χ3v) is 1.79. The first-order chi connectivity index (χ1) is 4.91. The maximum atomic E-state index is 11.8. The van der Waals surface area contributed by atoms with Gasteiger partial charge in [0, 0.05) is 6.42 Å². The summed E-state index contributed by atoms with van der Waals surface area (Å²) in [6.45, 7) is 0. The van der Waals surface area contributed by atoms with Crippen LogP contribution in [0.5, 0.6) is 0 Å². The number of aliphatic hydroxyl groups excluding tert-OH is 1. The number of aliphatic hydroxyl groups is 1. The van der Waals surface area contributed by atoms with Gasteiger partial charge in [-0.05, 0) is 6.42 Å². The summed E-state index contributed by atoms with van der Waals surface area (Å²) in [5.74, 6) is -2.34. The molecule has 1 fully saturated rings. The molecular formula is C6H7F3O2. The molecule has 1 rings (SSSR count). The molecule has 11 heavy (non-hydrogen) atoms. The number of Topliss-reactive ketones (excluding diaryl/α,β-unsaturated/α-hetero) is 1. The van der Waals surface area contributed by atoms with E-state index in [4.69, 9.17) is 5.11 Å². The fourth-order valence-electron chi connectivity index (χ4n) is 1.11. The van der Waals surface area contributed by atoms with Gasteiger partial charge in [-0.2, -0.15) is 13.2 Å². The summed E-state index contributed by atoms with van der Waals surface area (Å²) in [6.07, 6.45) is -6.78. The molecule has 0 aromatic carbocycles. The third-order valence-electron chi connectivity index (χ3n) is 1.79. The van der Waals surface area contributed by atoms with Gasteiger partial charge in [-0.1, -0.05) is 0 Å². The Labute approximate surface area is 61.0 Å². The fourth-order valence-corrected chi connectivity index (χ4v) is 1.11. The maximum Gasteiger partial charge on any atom is 0.392 e. The van der Waals surface area contributed by atoms with Gasteiger partial charge in [-0.3, -0.25) is 4.79 Å². The standard InChI is InChI=1S/C6H7F3O2/c7-6(8,9)3-1-4(10)5(11)2-3/h3-4,10H,1-2H2. The van der Waals surface area contributed by atoms with Gasteiger partial charge in [0.05, 0.1) is 5.92 Å². The van der Waals surface area contributed by atoms with E-state index < -0.39 is 36.8 Å². The summed E-state index contributed by atoms with van der Waals surface area (Å²) in [4.78, 5) is 10.5. The molecule has 64 valence electrons. The van der Waals surface area contributed by atoms with Crippen molar-refractivity contribution in [2.45, 2.75) is 25.1 Å². The van der Waals surface area contributed by atoms with Crippen LogP contribution < -0.4 is 0 Å². The molecule has 0 aliphatic heterocycles. The number of ketones is 1. The molecular weight excluding hydrogens is 161 g/mol. The van der Waals surface area contributed by atoms with Gasteiger partial charge >= 0.3 is 6.18 Å². The van der Waals surface area contributed by atoms with Gasteiger partial charge in [0.1, 0.15) is 6.10 Å². The van der Waals surface area contributed by atoms with Crippen molar-refractivity contribution in [2.75, 3.05) is 0 Å². The van der Waals surface area contributed by atoms with E-state index in [-0.39, 0.29) is 0 Å². The number of carbonyl (C=O) groups excluding carboxylic acids is 1. The Hall–Kier alpha value is -0.580. The Morgan fingerprint density at radius 2 is 2.00 bits per heavy atom. The quantitative estimate of drug-likeness (QED) is 0.583. The van der Waals surface area contributed by atoms with Crippen molar-refractivity contribution in [1.29, 1.82) is 0 Å². The van der Waals surface area contributed by atoms with Gasteiger partial charge in [-0.25, -0.2) is 0 Å². The number of alkyl halides is 3. The molecule has 1 aliphatic carbocycles. The van der Waals surface area contributed by atoms with Crippen LogP contribution in [-0.2, 0) is 4.79 Å². The van der Waals surface area contributed by atoms with Crippen molar-refractivity contribution in [3.63, 3.8) is 0 Å². The summed E-state index contributed by atoms with van der Waals surface area (Å²) in [7, 11) is 0. The molecule has 2 unspecified atom stereocenters. The zero-order chi connectivity index (χ0) is 8.65. The minimum Gasteiger partial charge on any atom is -0.385 e. The topological polar surface area (TPSA) is 37.3 Å². The Morgan fingerprint density at radius 3 is 2.18 bits per heavy atom. The minimum atomic E-state index is -4.34. The summed E-state index contributed by atoms with van der Waals surface area (Å²) < 4.78 is 35.5. The zero-order valence-corrected chi connectivity index (χ0v) is 5.56. The van der Waals surface area contributed by atoms with Crippen molar-refractivity contribution in [3.8, 4) is 0 Å². The van der Waals surface area contributed by atoms with E-state index in [0.29, 0.717) is 0 Å². The Balaban J connectivity index is 2.61. The monoisotopic (exact) mass is 168 g/mol. The van der Waals surface area contributed by atoms with Gasteiger partial charge in [0.15, 0.2) is 5.78 Å². The average Bonchev–Trinajstić information content (AvgIpc) is 2.11. The molecule has 0 heterocycles. The van der Waals surface area contributed by atoms with Crippen LogP contribution in [0.1, 0.15) is 12.8 Å². The molecule has 0 aromatic heterocycles. The van der Waals surface area contributed by atoms with Crippen LogP contribution in [0.25, 0.3) is 0 Å². The third kappa shape index (κ3) is 1.71. The maximum absolute atomic E-state index is 11.8. The van der Waals surface area contributed by atoms with Crippen molar-refractivity contribution < 1.29 is 23.1 Å². The SMILES string of the molecule is O=C1CC(C(F)(F)F)CC1O. The number of rotatable bonds is 0. The van der Waals surface area contributed by atoms with Crippen molar-refractivity contribution >= 4 is 5.78 Å². The Kier molecular flexibility index (Phi) is 1.92. The molecule has 1 saturated carbocycles. The predicted molar refractivity (Wildman–Crippen MR) is 29.8 cm³/mol.